The number of anilines is 1. The van der Waals surface area contributed by atoms with E-state index in [1.54, 1.807) is 12.1 Å². The van der Waals surface area contributed by atoms with Crippen LogP contribution in [0.4, 0.5) is 5.82 Å². The molecule has 29 heavy (non-hydrogen) atoms. The van der Waals surface area contributed by atoms with E-state index in [1.165, 1.54) is 0 Å². The monoisotopic (exact) mass is 401 g/mol. The van der Waals surface area contributed by atoms with Gasteiger partial charge in [0.25, 0.3) is 0 Å². The minimum absolute atomic E-state index is 0. The van der Waals surface area contributed by atoms with Crippen LogP contribution in [0.1, 0.15) is 58.1 Å². The lowest BCUT2D eigenvalue weighted by atomic mass is 9.87. The Hall–Kier alpha value is -2.31. The molecule has 1 atom stereocenters. The maximum absolute atomic E-state index is 10.6. The Kier molecular flexibility index (Phi) is 7.49. The Morgan fingerprint density at radius 2 is 2.07 bits per heavy atom. The summed E-state index contributed by atoms with van der Waals surface area (Å²) < 4.78 is 6.02. The number of rotatable bonds is 5. The third-order valence-corrected chi connectivity index (χ3v) is 5.01. The lowest BCUT2D eigenvalue weighted by molar-refractivity contribution is 0.198. The van der Waals surface area contributed by atoms with Crippen molar-refractivity contribution < 1.29 is 14.9 Å². The molecule has 0 saturated carbocycles. The van der Waals surface area contributed by atoms with Crippen molar-refractivity contribution in [1.29, 1.82) is 0 Å². The van der Waals surface area contributed by atoms with E-state index < -0.39 is 0 Å². The highest BCUT2D eigenvalue weighted by Gasteiger charge is 2.24. The molecule has 0 spiro atoms. The van der Waals surface area contributed by atoms with Gasteiger partial charge < -0.3 is 26.0 Å². The summed E-state index contributed by atoms with van der Waals surface area (Å²) in [5.74, 6) is 1.23. The third kappa shape index (κ3) is 5.40. The molecule has 0 bridgehead atoms. The zero-order valence-electron chi connectivity index (χ0n) is 17.0. The fourth-order valence-electron chi connectivity index (χ4n) is 3.59. The van der Waals surface area contributed by atoms with Crippen LogP contribution in [0.2, 0.25) is 0 Å². The molecule has 2 heterocycles. The van der Waals surface area contributed by atoms with Crippen molar-refractivity contribution in [2.45, 2.75) is 53.6 Å². The topological polar surface area (TPSA) is 101 Å². The number of phenols is 1. The van der Waals surface area contributed by atoms with Gasteiger partial charge in [-0.15, -0.1) is 0 Å². The molecule has 0 amide bonds. The second-order valence-corrected chi connectivity index (χ2v) is 8.66. The number of benzene rings is 1. The van der Waals surface area contributed by atoms with Crippen molar-refractivity contribution in [2.24, 2.45) is 5.41 Å². The standard InChI is InChI=1S/C22H31N3O3.CH4/c1-22(2,3)13-28-19-8-4-7-18(27)20(19)17-10-15(14-6-5-9-24-11-14)16(12-26)21(23)25-17;/h4,7-8,10,14,24,26-27H,5-6,9,11-13H2,1-3H3,(H2,23,25);1H4. The number of ether oxygens (including phenoxy) is 1. The Morgan fingerprint density at radius 3 is 2.69 bits per heavy atom. The molecule has 1 aromatic carbocycles. The summed E-state index contributed by atoms with van der Waals surface area (Å²) in [5, 5.41) is 23.8. The predicted octanol–water partition coefficient (Wildman–Crippen LogP) is 4.06. The predicted molar refractivity (Wildman–Crippen MR) is 118 cm³/mol. The summed E-state index contributed by atoms with van der Waals surface area (Å²) in [5.41, 5.74) is 8.95. The van der Waals surface area contributed by atoms with Crippen molar-refractivity contribution in [3.63, 3.8) is 0 Å². The van der Waals surface area contributed by atoms with Gasteiger partial charge in [0.1, 0.15) is 17.3 Å². The van der Waals surface area contributed by atoms with Gasteiger partial charge in [0.2, 0.25) is 0 Å². The Labute approximate surface area is 174 Å². The van der Waals surface area contributed by atoms with Crippen molar-refractivity contribution in [2.75, 3.05) is 25.4 Å². The quantitative estimate of drug-likeness (QED) is 0.603. The zero-order chi connectivity index (χ0) is 20.3. The first-order chi connectivity index (χ1) is 13.3. The van der Waals surface area contributed by atoms with Crippen molar-refractivity contribution in [3.8, 4) is 22.8 Å². The first-order valence-corrected chi connectivity index (χ1v) is 9.86. The summed E-state index contributed by atoms with van der Waals surface area (Å²) >= 11 is 0. The largest absolute Gasteiger partial charge is 0.507 e. The third-order valence-electron chi connectivity index (χ3n) is 5.01. The molecular formula is C23H35N3O3. The number of aliphatic hydroxyl groups excluding tert-OH is 1. The lowest BCUT2D eigenvalue weighted by Crippen LogP contribution is -2.29. The van der Waals surface area contributed by atoms with Gasteiger partial charge in [-0.1, -0.05) is 34.3 Å². The minimum Gasteiger partial charge on any atom is -0.507 e. The van der Waals surface area contributed by atoms with E-state index >= 15 is 0 Å². The number of nitrogen functional groups attached to an aromatic ring is 1. The highest BCUT2D eigenvalue weighted by Crippen LogP contribution is 2.40. The van der Waals surface area contributed by atoms with Gasteiger partial charge in [0, 0.05) is 12.1 Å². The Morgan fingerprint density at radius 1 is 1.31 bits per heavy atom. The molecule has 6 heteroatoms. The summed E-state index contributed by atoms with van der Waals surface area (Å²) in [7, 11) is 0. The molecule has 1 fully saturated rings. The number of aliphatic hydroxyl groups is 1. The normalized spacial score (nSPS) is 16.9. The van der Waals surface area contributed by atoms with Crippen LogP contribution in [0, 0.1) is 5.41 Å². The van der Waals surface area contributed by atoms with E-state index in [4.69, 9.17) is 10.5 Å². The number of pyridine rings is 1. The number of nitrogens with zero attached hydrogens (tertiary/aromatic N) is 1. The average Bonchev–Trinajstić information content (AvgIpc) is 2.66. The summed E-state index contributed by atoms with van der Waals surface area (Å²) in [4.78, 5) is 4.49. The van der Waals surface area contributed by atoms with Gasteiger partial charge >= 0.3 is 0 Å². The maximum Gasteiger partial charge on any atom is 0.132 e. The molecule has 5 N–H and O–H groups in total. The second-order valence-electron chi connectivity index (χ2n) is 8.66. The van der Waals surface area contributed by atoms with Crippen molar-refractivity contribution in [1.82, 2.24) is 10.3 Å². The fraction of sp³-hybridized carbons (Fsp3) is 0.522. The number of nitrogens with one attached hydrogen (secondary N) is 1. The van der Waals surface area contributed by atoms with E-state index in [2.05, 4.69) is 31.1 Å². The number of aromatic hydroxyl groups is 1. The van der Waals surface area contributed by atoms with Crippen LogP contribution in [-0.4, -0.2) is 34.9 Å². The van der Waals surface area contributed by atoms with Crippen LogP contribution < -0.4 is 15.8 Å². The van der Waals surface area contributed by atoms with Gasteiger partial charge in [0.15, 0.2) is 0 Å². The summed E-state index contributed by atoms with van der Waals surface area (Å²) in [6.07, 6.45) is 2.10. The van der Waals surface area contributed by atoms with E-state index in [1.807, 2.05) is 12.1 Å². The Bertz CT molecular complexity index is 825. The molecule has 1 saturated heterocycles. The van der Waals surface area contributed by atoms with E-state index in [-0.39, 0.29) is 31.1 Å². The van der Waals surface area contributed by atoms with Crippen LogP contribution in [0.3, 0.4) is 0 Å². The van der Waals surface area contributed by atoms with E-state index in [0.29, 0.717) is 35.0 Å². The van der Waals surface area contributed by atoms with Crippen LogP contribution >= 0.6 is 0 Å². The molecule has 1 aromatic heterocycles. The van der Waals surface area contributed by atoms with Gasteiger partial charge in [-0.25, -0.2) is 4.98 Å². The van der Waals surface area contributed by atoms with Gasteiger partial charge in [-0.3, -0.25) is 0 Å². The number of hydrogen-bond acceptors (Lipinski definition) is 6. The first kappa shape index (κ1) is 23.0. The van der Waals surface area contributed by atoms with Crippen LogP contribution in [0.25, 0.3) is 11.3 Å². The molecule has 6 nitrogen and oxygen atoms in total. The Balaban J connectivity index is 0.00000300. The average molecular weight is 402 g/mol. The number of nitrogens with two attached hydrogens (primary N) is 1. The lowest BCUT2D eigenvalue weighted by Gasteiger charge is -2.26. The molecule has 160 valence electrons. The molecule has 1 aliphatic heterocycles. The van der Waals surface area contributed by atoms with E-state index in [0.717, 1.165) is 31.5 Å². The van der Waals surface area contributed by atoms with E-state index in [9.17, 15) is 10.2 Å². The minimum atomic E-state index is -0.154. The molecule has 0 aliphatic carbocycles. The van der Waals surface area contributed by atoms with Crippen LogP contribution in [-0.2, 0) is 6.61 Å². The maximum atomic E-state index is 10.6. The van der Waals surface area contributed by atoms with Crippen molar-refractivity contribution >= 4 is 5.82 Å². The SMILES string of the molecule is C.CC(C)(C)COc1cccc(O)c1-c1cc(C2CCCNC2)c(CO)c(N)n1. The number of phenolic OH excluding ortho intramolecular Hbond substituents is 1. The van der Waals surface area contributed by atoms with Crippen LogP contribution in [0.5, 0.6) is 11.5 Å². The molecule has 1 aliphatic rings. The molecule has 1 unspecified atom stereocenters. The fourth-order valence-corrected chi connectivity index (χ4v) is 3.59. The zero-order valence-corrected chi connectivity index (χ0v) is 17.0. The smallest absolute Gasteiger partial charge is 0.132 e. The first-order valence-electron chi connectivity index (χ1n) is 9.86. The number of aromatic nitrogens is 1. The molecular weight excluding hydrogens is 366 g/mol. The molecule has 2 aromatic rings. The molecule has 3 rings (SSSR count). The molecule has 0 radical (unpaired) electrons. The highest BCUT2D eigenvalue weighted by molar-refractivity contribution is 5.76. The van der Waals surface area contributed by atoms with Crippen LogP contribution in [0.15, 0.2) is 24.3 Å². The second kappa shape index (κ2) is 9.46. The van der Waals surface area contributed by atoms with Gasteiger partial charge in [-0.2, -0.15) is 0 Å². The number of piperidine rings is 1. The van der Waals surface area contributed by atoms with Gasteiger partial charge in [-0.05, 0) is 54.5 Å². The van der Waals surface area contributed by atoms with Gasteiger partial charge in [0.05, 0.1) is 24.5 Å². The highest BCUT2D eigenvalue weighted by atomic mass is 16.5. The number of hydrogen-bond donors (Lipinski definition) is 4. The summed E-state index contributed by atoms with van der Waals surface area (Å²) in [6.45, 7) is 8.47. The van der Waals surface area contributed by atoms with Crippen molar-refractivity contribution in [3.05, 3.63) is 35.4 Å². The summed E-state index contributed by atoms with van der Waals surface area (Å²) in [6, 6.07) is 7.16.